The maximum Gasteiger partial charge on any atom is 0.247 e. The minimum Gasteiger partial charge on any atom is -0.324 e. The fourth-order valence-electron chi connectivity index (χ4n) is 5.38. The minimum atomic E-state index is -0.776. The molecule has 156 valence electrons. The van der Waals surface area contributed by atoms with E-state index in [0.29, 0.717) is 12.1 Å². The number of nitrogens with zero attached hydrogens (tertiary/aromatic N) is 1. The predicted octanol–water partition coefficient (Wildman–Crippen LogP) is 4.13. The number of fused-ring (bicyclic) bond motifs is 5. The van der Waals surface area contributed by atoms with Crippen LogP contribution in [0.1, 0.15) is 32.3 Å². The summed E-state index contributed by atoms with van der Waals surface area (Å²) in [4.78, 5) is 41.7. The van der Waals surface area contributed by atoms with Crippen molar-refractivity contribution in [2.75, 3.05) is 5.32 Å². The third kappa shape index (κ3) is 3.38. The summed E-state index contributed by atoms with van der Waals surface area (Å²) in [5.74, 6) is -0.743. The van der Waals surface area contributed by atoms with Gasteiger partial charge in [-0.05, 0) is 49.1 Å². The lowest BCUT2D eigenvalue weighted by molar-refractivity contribution is -0.147. The van der Waals surface area contributed by atoms with Gasteiger partial charge in [0.2, 0.25) is 17.7 Å². The Kier molecular flexibility index (Phi) is 5.66. The molecule has 0 spiro atoms. The molecule has 2 bridgehead atoms. The largest absolute Gasteiger partial charge is 0.324 e. The highest BCUT2D eigenvalue weighted by atomic mass is 79.9. The fourth-order valence-corrected chi connectivity index (χ4v) is 7.26. The highest BCUT2D eigenvalue weighted by molar-refractivity contribution is 9.12. The van der Waals surface area contributed by atoms with E-state index < -0.39 is 6.04 Å². The van der Waals surface area contributed by atoms with Crippen LogP contribution in [0.2, 0.25) is 0 Å². The molecule has 1 N–H and O–H groups in total. The first-order valence-corrected chi connectivity index (χ1v) is 12.1. The van der Waals surface area contributed by atoms with Crippen molar-refractivity contribution in [1.29, 1.82) is 0 Å². The van der Waals surface area contributed by atoms with Crippen molar-refractivity contribution in [3.63, 3.8) is 0 Å². The number of hydrogen-bond donors (Lipinski definition) is 1. The molecule has 3 fully saturated rings. The summed E-state index contributed by atoms with van der Waals surface area (Å²) >= 11 is 7.43. The third-order valence-electron chi connectivity index (χ3n) is 6.73. The first-order chi connectivity index (χ1) is 13.7. The summed E-state index contributed by atoms with van der Waals surface area (Å²) in [6, 6.07) is 6.76. The van der Waals surface area contributed by atoms with E-state index in [4.69, 9.17) is 0 Å². The molecule has 29 heavy (non-hydrogen) atoms. The van der Waals surface area contributed by atoms with Gasteiger partial charge in [-0.1, -0.05) is 63.9 Å². The first-order valence-electron chi connectivity index (χ1n) is 10.2. The molecule has 0 unspecified atom stereocenters. The molecule has 7 heteroatoms. The van der Waals surface area contributed by atoms with Crippen LogP contribution in [0, 0.1) is 36.5 Å². The van der Waals surface area contributed by atoms with Crippen LogP contribution in [0.5, 0.6) is 0 Å². The number of aryl methyl sites for hydroxylation is 1. The van der Waals surface area contributed by atoms with Crippen molar-refractivity contribution in [2.45, 2.75) is 49.3 Å². The van der Waals surface area contributed by atoms with Crippen LogP contribution < -0.4 is 5.32 Å². The molecule has 2 aliphatic carbocycles. The standard InChI is InChI=1S/C22H26Br2N2O3/c1-10(2)8-15(20(27)25-14-7-5-4-6-11(14)3)26-21(28)16-12-9-13(17(16)22(26)29)19(24)18(12)23/h4-7,10,12-13,15-19H,8-9H2,1-3H3,(H,25,27)/t12-,13-,15+,16-,17-,18-,19+/m1/s1. The van der Waals surface area contributed by atoms with Gasteiger partial charge >= 0.3 is 0 Å². The van der Waals surface area contributed by atoms with E-state index in [-0.39, 0.29) is 57.0 Å². The number of halogens is 2. The third-order valence-corrected chi connectivity index (χ3v) is 9.94. The number of likely N-dealkylation sites (tertiary alicyclic amines) is 1. The zero-order chi connectivity index (χ0) is 21.0. The molecule has 7 atom stereocenters. The molecule has 1 aromatic rings. The molecule has 1 aromatic carbocycles. The number of amides is 3. The number of para-hydroxylation sites is 1. The summed E-state index contributed by atoms with van der Waals surface area (Å²) in [7, 11) is 0. The Bertz CT molecular complexity index is 826. The molecular weight excluding hydrogens is 500 g/mol. The van der Waals surface area contributed by atoms with E-state index in [0.717, 1.165) is 12.0 Å². The predicted molar refractivity (Wildman–Crippen MR) is 119 cm³/mol. The van der Waals surface area contributed by atoms with E-state index in [1.807, 2.05) is 45.0 Å². The van der Waals surface area contributed by atoms with Gasteiger partial charge in [-0.3, -0.25) is 19.3 Å². The second kappa shape index (κ2) is 7.80. The highest BCUT2D eigenvalue weighted by Crippen LogP contribution is 2.60. The van der Waals surface area contributed by atoms with Crippen molar-refractivity contribution in [3.8, 4) is 0 Å². The number of alkyl halides is 2. The Labute approximate surface area is 188 Å². The fraction of sp³-hybridized carbons (Fsp3) is 0.591. The van der Waals surface area contributed by atoms with Gasteiger partial charge in [0.25, 0.3) is 0 Å². The molecule has 1 aliphatic heterocycles. The van der Waals surface area contributed by atoms with Gasteiger partial charge in [-0.2, -0.15) is 0 Å². The number of carbonyl (C=O) groups is 3. The van der Waals surface area contributed by atoms with Crippen LogP contribution in [0.4, 0.5) is 5.69 Å². The number of anilines is 1. The lowest BCUT2D eigenvalue weighted by Crippen LogP contribution is -2.49. The number of nitrogens with one attached hydrogen (secondary N) is 1. The summed E-state index contributed by atoms with van der Waals surface area (Å²) in [5.41, 5.74) is 1.66. The molecular formula is C22H26Br2N2O3. The zero-order valence-corrected chi connectivity index (χ0v) is 19.9. The summed E-state index contributed by atoms with van der Waals surface area (Å²) < 4.78 is 0. The number of hydrogen-bond acceptors (Lipinski definition) is 3. The minimum absolute atomic E-state index is 0.148. The number of imide groups is 1. The van der Waals surface area contributed by atoms with E-state index in [1.54, 1.807) is 0 Å². The molecule has 1 saturated heterocycles. The van der Waals surface area contributed by atoms with Crippen LogP contribution in [0.15, 0.2) is 24.3 Å². The molecule has 1 heterocycles. The number of benzene rings is 1. The lowest BCUT2D eigenvalue weighted by atomic mass is 9.81. The van der Waals surface area contributed by atoms with Gasteiger partial charge in [-0.25, -0.2) is 0 Å². The molecule has 0 aromatic heterocycles. The normalized spacial score (nSPS) is 34.1. The van der Waals surface area contributed by atoms with Gasteiger partial charge in [0.15, 0.2) is 0 Å². The average Bonchev–Trinajstić information content (AvgIpc) is 3.27. The second-order valence-electron chi connectivity index (χ2n) is 9.00. The Balaban J connectivity index is 1.62. The van der Waals surface area contributed by atoms with Gasteiger partial charge in [-0.15, -0.1) is 0 Å². The average molecular weight is 526 g/mol. The lowest BCUT2D eigenvalue weighted by Gasteiger charge is -2.28. The SMILES string of the molecule is Cc1ccccc1NC(=O)[C@H](CC(C)C)N1C(=O)[C@@H]2[C@H]3C[C@@H]([C@@H](Br)[C@H]3Br)[C@H]2C1=O. The van der Waals surface area contributed by atoms with E-state index in [9.17, 15) is 14.4 Å². The zero-order valence-electron chi connectivity index (χ0n) is 16.8. The molecule has 0 radical (unpaired) electrons. The van der Waals surface area contributed by atoms with Crippen molar-refractivity contribution in [3.05, 3.63) is 29.8 Å². The van der Waals surface area contributed by atoms with Crippen LogP contribution in [-0.2, 0) is 14.4 Å². The van der Waals surface area contributed by atoms with Crippen LogP contribution in [0.3, 0.4) is 0 Å². The summed E-state index contributed by atoms with van der Waals surface area (Å²) in [5, 5.41) is 2.95. The highest BCUT2D eigenvalue weighted by Gasteiger charge is 2.67. The van der Waals surface area contributed by atoms with Crippen molar-refractivity contribution in [1.82, 2.24) is 4.90 Å². The van der Waals surface area contributed by atoms with Gasteiger partial charge in [0.05, 0.1) is 11.8 Å². The molecule has 3 aliphatic rings. The van der Waals surface area contributed by atoms with E-state index in [2.05, 4.69) is 37.2 Å². The van der Waals surface area contributed by atoms with Crippen molar-refractivity contribution in [2.24, 2.45) is 29.6 Å². The Hall–Kier alpha value is -1.21. The summed E-state index contributed by atoms with van der Waals surface area (Å²) in [6.07, 6.45) is 1.34. The first kappa shape index (κ1) is 21.0. The molecule has 3 amide bonds. The molecule has 5 nitrogen and oxygen atoms in total. The van der Waals surface area contributed by atoms with Gasteiger partial charge in [0, 0.05) is 15.3 Å². The quantitative estimate of drug-likeness (QED) is 0.464. The second-order valence-corrected chi connectivity index (χ2v) is 11.1. The smallest absolute Gasteiger partial charge is 0.247 e. The Morgan fingerprint density at radius 3 is 2.17 bits per heavy atom. The number of rotatable bonds is 5. The molecule has 2 saturated carbocycles. The van der Waals surface area contributed by atoms with Gasteiger partial charge < -0.3 is 5.32 Å². The van der Waals surface area contributed by atoms with E-state index >= 15 is 0 Å². The Morgan fingerprint density at radius 1 is 1.10 bits per heavy atom. The van der Waals surface area contributed by atoms with Crippen molar-refractivity contribution >= 4 is 55.3 Å². The van der Waals surface area contributed by atoms with Crippen molar-refractivity contribution < 1.29 is 14.4 Å². The maximum absolute atomic E-state index is 13.4. The van der Waals surface area contributed by atoms with E-state index in [1.165, 1.54) is 4.90 Å². The van der Waals surface area contributed by atoms with Crippen LogP contribution in [-0.4, -0.2) is 38.3 Å². The maximum atomic E-state index is 13.4. The topological polar surface area (TPSA) is 66.5 Å². The Morgan fingerprint density at radius 2 is 1.66 bits per heavy atom. The van der Waals surface area contributed by atoms with Gasteiger partial charge in [0.1, 0.15) is 6.04 Å². The molecule has 4 rings (SSSR count). The number of carbonyl (C=O) groups excluding carboxylic acids is 3. The van der Waals surface area contributed by atoms with Crippen LogP contribution in [0.25, 0.3) is 0 Å². The monoisotopic (exact) mass is 524 g/mol. The van der Waals surface area contributed by atoms with Crippen LogP contribution >= 0.6 is 31.9 Å². The summed E-state index contributed by atoms with van der Waals surface area (Å²) in [6.45, 7) is 5.94.